The van der Waals surface area contributed by atoms with Gasteiger partial charge >= 0.3 is 0 Å². The van der Waals surface area contributed by atoms with Crippen LogP contribution in [0.2, 0.25) is 0 Å². The molecule has 0 aliphatic heterocycles. The van der Waals surface area contributed by atoms with Crippen LogP contribution in [0.25, 0.3) is 0 Å². The first-order valence-corrected chi connectivity index (χ1v) is 9.28. The van der Waals surface area contributed by atoms with Gasteiger partial charge in [-0.1, -0.05) is 18.2 Å². The second kappa shape index (κ2) is 9.65. The molecule has 3 aromatic rings. The van der Waals surface area contributed by atoms with Gasteiger partial charge in [0.25, 0.3) is 0 Å². The number of para-hydroxylation sites is 1. The molecule has 7 nitrogen and oxygen atoms in total. The summed E-state index contributed by atoms with van der Waals surface area (Å²) in [6, 6.07) is 17.3. The maximum absolute atomic E-state index is 5.48. The summed E-state index contributed by atoms with van der Waals surface area (Å²) in [5.74, 6) is 2.85. The van der Waals surface area contributed by atoms with E-state index in [9.17, 15) is 0 Å². The number of hydrogen-bond donors (Lipinski definition) is 2. The molecule has 0 atom stereocenters. The van der Waals surface area contributed by atoms with Crippen molar-refractivity contribution in [1.82, 2.24) is 0 Å². The molecule has 0 saturated carbocycles. The monoisotopic (exact) mass is 410 g/mol. The molecule has 0 unspecified atom stereocenters. The number of rotatable bonds is 9. The van der Waals surface area contributed by atoms with E-state index in [4.69, 9.17) is 23.7 Å². The molecule has 0 spiro atoms. The normalized spacial score (nSPS) is 10.2. The molecule has 0 bridgehead atoms. The van der Waals surface area contributed by atoms with Crippen molar-refractivity contribution in [2.24, 2.45) is 0 Å². The highest BCUT2D eigenvalue weighted by molar-refractivity contribution is 5.82. The van der Waals surface area contributed by atoms with E-state index in [2.05, 4.69) is 10.6 Å². The van der Waals surface area contributed by atoms with Gasteiger partial charge in [0, 0.05) is 35.6 Å². The lowest BCUT2D eigenvalue weighted by atomic mass is 10.2. The maximum atomic E-state index is 5.48. The molecule has 7 heteroatoms. The first-order valence-electron chi connectivity index (χ1n) is 9.28. The minimum Gasteiger partial charge on any atom is -0.493 e. The first kappa shape index (κ1) is 21.0. The largest absolute Gasteiger partial charge is 0.493 e. The van der Waals surface area contributed by atoms with Crippen LogP contribution in [0.4, 0.5) is 22.7 Å². The van der Waals surface area contributed by atoms with Crippen molar-refractivity contribution < 1.29 is 23.7 Å². The van der Waals surface area contributed by atoms with Gasteiger partial charge in [0.2, 0.25) is 5.75 Å². The number of benzene rings is 3. The Kier molecular flexibility index (Phi) is 6.75. The molecule has 0 aliphatic rings. The van der Waals surface area contributed by atoms with Crippen molar-refractivity contribution in [3.05, 3.63) is 54.6 Å². The van der Waals surface area contributed by atoms with Gasteiger partial charge in [0.05, 0.1) is 46.9 Å². The third-order valence-corrected chi connectivity index (χ3v) is 4.52. The van der Waals surface area contributed by atoms with Gasteiger partial charge in [-0.15, -0.1) is 0 Å². The SMILES string of the molecule is COc1cc(Nc2ccccc2)c(Nc2cc(OC)c(OC)c(OC)c2)cc1OC. The first-order chi connectivity index (χ1) is 14.6. The number of hydrogen-bond acceptors (Lipinski definition) is 7. The van der Waals surface area contributed by atoms with Crippen molar-refractivity contribution in [3.63, 3.8) is 0 Å². The molecule has 0 amide bonds. The molecular weight excluding hydrogens is 384 g/mol. The fraction of sp³-hybridized carbons (Fsp3) is 0.217. The van der Waals surface area contributed by atoms with Gasteiger partial charge in [-0.3, -0.25) is 0 Å². The Bertz CT molecular complexity index is 967. The molecule has 0 aromatic heterocycles. The van der Waals surface area contributed by atoms with Crippen molar-refractivity contribution in [1.29, 1.82) is 0 Å². The summed E-state index contributed by atoms with van der Waals surface area (Å²) in [5.41, 5.74) is 3.30. The Morgan fingerprint density at radius 1 is 0.500 bits per heavy atom. The van der Waals surface area contributed by atoms with Crippen LogP contribution in [0.3, 0.4) is 0 Å². The Morgan fingerprint density at radius 2 is 0.967 bits per heavy atom. The van der Waals surface area contributed by atoms with E-state index in [1.165, 1.54) is 0 Å². The number of anilines is 4. The van der Waals surface area contributed by atoms with E-state index in [1.54, 1.807) is 35.5 Å². The van der Waals surface area contributed by atoms with E-state index in [0.717, 1.165) is 22.7 Å². The summed E-state index contributed by atoms with van der Waals surface area (Å²) in [6.07, 6.45) is 0. The smallest absolute Gasteiger partial charge is 0.203 e. The zero-order valence-corrected chi connectivity index (χ0v) is 17.7. The van der Waals surface area contributed by atoms with Crippen LogP contribution in [-0.2, 0) is 0 Å². The summed E-state index contributed by atoms with van der Waals surface area (Å²) in [7, 11) is 7.95. The topological polar surface area (TPSA) is 70.2 Å². The van der Waals surface area contributed by atoms with Gasteiger partial charge in [-0.2, -0.15) is 0 Å². The molecule has 0 radical (unpaired) electrons. The second-order valence-electron chi connectivity index (χ2n) is 6.28. The van der Waals surface area contributed by atoms with Crippen molar-refractivity contribution in [2.45, 2.75) is 0 Å². The molecule has 158 valence electrons. The van der Waals surface area contributed by atoms with Gasteiger partial charge in [-0.05, 0) is 12.1 Å². The van der Waals surface area contributed by atoms with Crippen molar-refractivity contribution in [2.75, 3.05) is 46.2 Å². The molecule has 0 fully saturated rings. The van der Waals surface area contributed by atoms with Crippen LogP contribution in [0, 0.1) is 0 Å². The summed E-state index contributed by atoms with van der Waals surface area (Å²) < 4.78 is 27.3. The number of methoxy groups -OCH3 is 5. The van der Waals surface area contributed by atoms with E-state index in [0.29, 0.717) is 28.7 Å². The Balaban J connectivity index is 2.06. The van der Waals surface area contributed by atoms with Crippen LogP contribution in [0.15, 0.2) is 54.6 Å². The molecule has 2 N–H and O–H groups in total. The lowest BCUT2D eigenvalue weighted by molar-refractivity contribution is 0.324. The van der Waals surface area contributed by atoms with Crippen molar-refractivity contribution in [3.8, 4) is 28.7 Å². The highest BCUT2D eigenvalue weighted by Gasteiger charge is 2.16. The van der Waals surface area contributed by atoms with Crippen LogP contribution >= 0.6 is 0 Å². The minimum atomic E-state index is 0.528. The molecule has 30 heavy (non-hydrogen) atoms. The predicted octanol–water partition coefficient (Wildman–Crippen LogP) is 5.22. The zero-order valence-electron chi connectivity index (χ0n) is 17.7. The van der Waals surface area contributed by atoms with Crippen LogP contribution < -0.4 is 34.3 Å². The summed E-state index contributed by atoms with van der Waals surface area (Å²) in [5, 5.41) is 6.82. The Morgan fingerprint density at radius 3 is 1.40 bits per heavy atom. The quantitative estimate of drug-likeness (QED) is 0.501. The van der Waals surface area contributed by atoms with E-state index >= 15 is 0 Å². The number of ether oxygens (including phenoxy) is 5. The van der Waals surface area contributed by atoms with E-state index in [1.807, 2.05) is 54.6 Å². The lowest BCUT2D eigenvalue weighted by Crippen LogP contribution is -2.02. The highest BCUT2D eigenvalue weighted by Crippen LogP contribution is 2.43. The molecule has 0 heterocycles. The molecule has 3 aromatic carbocycles. The van der Waals surface area contributed by atoms with E-state index in [-0.39, 0.29) is 0 Å². The van der Waals surface area contributed by atoms with Gasteiger partial charge in [0.1, 0.15) is 0 Å². The van der Waals surface area contributed by atoms with E-state index < -0.39 is 0 Å². The molecule has 0 aliphatic carbocycles. The summed E-state index contributed by atoms with van der Waals surface area (Å²) in [4.78, 5) is 0. The average molecular weight is 410 g/mol. The van der Waals surface area contributed by atoms with Crippen LogP contribution in [-0.4, -0.2) is 35.5 Å². The zero-order chi connectivity index (χ0) is 21.5. The van der Waals surface area contributed by atoms with Gasteiger partial charge in [-0.25, -0.2) is 0 Å². The summed E-state index contributed by atoms with van der Waals surface area (Å²) in [6.45, 7) is 0. The maximum Gasteiger partial charge on any atom is 0.203 e. The van der Waals surface area contributed by atoms with Gasteiger partial charge in [0.15, 0.2) is 23.0 Å². The summed E-state index contributed by atoms with van der Waals surface area (Å²) >= 11 is 0. The van der Waals surface area contributed by atoms with Crippen LogP contribution in [0.5, 0.6) is 28.7 Å². The van der Waals surface area contributed by atoms with Gasteiger partial charge < -0.3 is 34.3 Å². The Labute approximate surface area is 176 Å². The molecular formula is C23H26N2O5. The average Bonchev–Trinajstić information content (AvgIpc) is 2.79. The lowest BCUT2D eigenvalue weighted by Gasteiger charge is -2.19. The fourth-order valence-corrected chi connectivity index (χ4v) is 3.07. The third kappa shape index (κ3) is 4.46. The molecule has 0 saturated heterocycles. The fourth-order valence-electron chi connectivity index (χ4n) is 3.07. The predicted molar refractivity (Wildman–Crippen MR) is 119 cm³/mol. The second-order valence-corrected chi connectivity index (χ2v) is 6.28. The third-order valence-electron chi connectivity index (χ3n) is 4.52. The molecule has 3 rings (SSSR count). The standard InChI is InChI=1S/C23H26N2O5/c1-26-19-13-17(24-15-9-7-6-8-10-15)18(14-20(19)27-2)25-16-11-21(28-3)23(30-5)22(12-16)29-4/h6-14,24-25H,1-5H3. The Hall–Kier alpha value is -3.74. The number of nitrogens with one attached hydrogen (secondary N) is 2. The van der Waals surface area contributed by atoms with Crippen LogP contribution in [0.1, 0.15) is 0 Å². The highest BCUT2D eigenvalue weighted by atomic mass is 16.5. The van der Waals surface area contributed by atoms with Crippen molar-refractivity contribution >= 4 is 22.7 Å². The minimum absolute atomic E-state index is 0.528.